The van der Waals surface area contributed by atoms with Crippen LogP contribution in [0, 0.1) is 12.8 Å². The minimum Gasteiger partial charge on any atom is -0.348 e. The van der Waals surface area contributed by atoms with Crippen molar-refractivity contribution < 1.29 is 4.79 Å². The summed E-state index contributed by atoms with van der Waals surface area (Å²) in [6, 6.07) is 8.73. The van der Waals surface area contributed by atoms with Crippen molar-refractivity contribution in [3.63, 3.8) is 0 Å². The van der Waals surface area contributed by atoms with Crippen LogP contribution >= 0.6 is 11.6 Å². The van der Waals surface area contributed by atoms with Gasteiger partial charge in [0, 0.05) is 17.8 Å². The predicted octanol–water partition coefficient (Wildman–Crippen LogP) is 3.50. The molecule has 25 heavy (non-hydrogen) atoms. The van der Waals surface area contributed by atoms with Crippen LogP contribution in [0.25, 0.3) is 5.69 Å². The van der Waals surface area contributed by atoms with Crippen molar-refractivity contribution in [2.24, 2.45) is 5.92 Å². The van der Waals surface area contributed by atoms with Crippen LogP contribution in [0.3, 0.4) is 0 Å². The van der Waals surface area contributed by atoms with Crippen LogP contribution in [0.1, 0.15) is 48.8 Å². The van der Waals surface area contributed by atoms with Crippen LogP contribution in [0.15, 0.2) is 35.1 Å². The van der Waals surface area contributed by atoms with Crippen LogP contribution in [0.4, 0.5) is 0 Å². The van der Waals surface area contributed by atoms with E-state index in [2.05, 4.69) is 17.3 Å². The van der Waals surface area contributed by atoms with Crippen LogP contribution in [0.2, 0.25) is 5.02 Å². The van der Waals surface area contributed by atoms with Crippen molar-refractivity contribution >= 4 is 17.5 Å². The Balaban J connectivity index is 1.94. The van der Waals surface area contributed by atoms with Crippen LogP contribution in [0.5, 0.6) is 0 Å². The standard InChI is InChI=1S/C19H22ClN3O2/c1-12-7-3-5-9-15(12)21-19(25)18-17(24)11-13(2)23(22-18)16-10-6-4-8-14(16)20/h4,6,8,10-12,15H,3,5,7,9H2,1-2H3,(H,21,25)/t12-,15-/m1/s1. The number of carbonyl (C=O) groups is 1. The molecule has 1 fully saturated rings. The molecule has 0 unspecified atom stereocenters. The van der Waals surface area contributed by atoms with E-state index in [4.69, 9.17) is 11.6 Å². The third kappa shape index (κ3) is 3.76. The van der Waals surface area contributed by atoms with Crippen molar-refractivity contribution in [3.8, 4) is 5.69 Å². The van der Waals surface area contributed by atoms with E-state index in [-0.39, 0.29) is 17.2 Å². The Hall–Kier alpha value is -2.14. The molecule has 1 aromatic carbocycles. The molecular weight excluding hydrogens is 338 g/mol. The summed E-state index contributed by atoms with van der Waals surface area (Å²) in [5.41, 5.74) is 0.799. The maximum atomic E-state index is 12.6. The smallest absolute Gasteiger partial charge is 0.276 e. The highest BCUT2D eigenvalue weighted by molar-refractivity contribution is 6.32. The molecule has 1 heterocycles. The second-order valence-electron chi connectivity index (χ2n) is 6.70. The molecule has 1 aromatic heterocycles. The number of hydrogen-bond donors (Lipinski definition) is 1. The van der Waals surface area contributed by atoms with Crippen molar-refractivity contribution in [1.29, 1.82) is 0 Å². The van der Waals surface area contributed by atoms with Gasteiger partial charge in [0.15, 0.2) is 5.69 Å². The number of halogens is 1. The van der Waals surface area contributed by atoms with E-state index in [0.717, 1.165) is 19.3 Å². The Bertz CT molecular complexity index is 847. The monoisotopic (exact) mass is 359 g/mol. The molecule has 2 aromatic rings. The highest BCUT2D eigenvalue weighted by Crippen LogP contribution is 2.24. The molecule has 0 bridgehead atoms. The predicted molar refractivity (Wildman–Crippen MR) is 98.5 cm³/mol. The molecule has 0 radical (unpaired) electrons. The second-order valence-corrected chi connectivity index (χ2v) is 7.11. The first-order valence-electron chi connectivity index (χ1n) is 8.64. The van der Waals surface area contributed by atoms with E-state index in [1.165, 1.54) is 12.5 Å². The van der Waals surface area contributed by atoms with E-state index in [0.29, 0.717) is 22.3 Å². The lowest BCUT2D eigenvalue weighted by molar-refractivity contribution is 0.0902. The number of nitrogens with one attached hydrogen (secondary N) is 1. The first kappa shape index (κ1) is 17.7. The van der Waals surface area contributed by atoms with Crippen molar-refractivity contribution in [2.45, 2.75) is 45.6 Å². The fourth-order valence-electron chi connectivity index (χ4n) is 3.34. The van der Waals surface area contributed by atoms with Crippen LogP contribution < -0.4 is 10.7 Å². The third-order valence-corrected chi connectivity index (χ3v) is 5.15. The van der Waals surface area contributed by atoms with E-state index in [9.17, 15) is 9.59 Å². The number of amides is 1. The Kier molecular flexibility index (Phi) is 5.23. The maximum absolute atomic E-state index is 12.6. The first-order chi connectivity index (χ1) is 12.0. The van der Waals surface area contributed by atoms with Crippen LogP contribution in [-0.4, -0.2) is 21.7 Å². The lowest BCUT2D eigenvalue weighted by Gasteiger charge is -2.29. The van der Waals surface area contributed by atoms with Gasteiger partial charge in [-0.15, -0.1) is 0 Å². The van der Waals surface area contributed by atoms with Gasteiger partial charge in [0.1, 0.15) is 0 Å². The second kappa shape index (κ2) is 7.40. The van der Waals surface area contributed by atoms with E-state index in [1.807, 2.05) is 12.1 Å². The Morgan fingerprint density at radius 1 is 1.28 bits per heavy atom. The number of benzene rings is 1. The highest BCUT2D eigenvalue weighted by Gasteiger charge is 2.25. The van der Waals surface area contributed by atoms with Gasteiger partial charge in [0.2, 0.25) is 5.43 Å². The van der Waals surface area contributed by atoms with E-state index >= 15 is 0 Å². The van der Waals surface area contributed by atoms with Gasteiger partial charge in [-0.2, -0.15) is 5.10 Å². The largest absolute Gasteiger partial charge is 0.348 e. The maximum Gasteiger partial charge on any atom is 0.276 e. The molecular formula is C19H22ClN3O2. The average molecular weight is 360 g/mol. The van der Waals surface area contributed by atoms with Crippen LogP contribution in [-0.2, 0) is 0 Å². The third-order valence-electron chi connectivity index (χ3n) is 4.83. The van der Waals surface area contributed by atoms with Gasteiger partial charge in [0.05, 0.1) is 10.7 Å². The topological polar surface area (TPSA) is 64.0 Å². The minimum atomic E-state index is -0.412. The summed E-state index contributed by atoms with van der Waals surface area (Å²) in [5, 5.41) is 7.80. The molecule has 0 spiro atoms. The number of para-hydroxylation sites is 1. The summed E-state index contributed by atoms with van der Waals surface area (Å²) in [7, 11) is 0. The number of aromatic nitrogens is 2. The van der Waals surface area contributed by atoms with E-state index < -0.39 is 5.91 Å². The van der Waals surface area contributed by atoms with Crippen molar-refractivity contribution in [2.75, 3.05) is 0 Å². The van der Waals surface area contributed by atoms with Gasteiger partial charge in [0.25, 0.3) is 5.91 Å². The summed E-state index contributed by atoms with van der Waals surface area (Å²) in [5.74, 6) is -0.00139. The molecule has 1 amide bonds. The van der Waals surface area contributed by atoms with Crippen molar-refractivity contribution in [3.05, 3.63) is 57.0 Å². The summed E-state index contributed by atoms with van der Waals surface area (Å²) in [6.07, 6.45) is 4.32. The van der Waals surface area contributed by atoms with Gasteiger partial charge in [-0.1, -0.05) is 43.5 Å². The highest BCUT2D eigenvalue weighted by atomic mass is 35.5. The van der Waals surface area contributed by atoms with Gasteiger partial charge >= 0.3 is 0 Å². The zero-order valence-corrected chi connectivity index (χ0v) is 15.2. The van der Waals surface area contributed by atoms with Gasteiger partial charge in [-0.25, -0.2) is 4.68 Å². The Morgan fingerprint density at radius 2 is 2.00 bits per heavy atom. The molecule has 0 aliphatic heterocycles. The zero-order chi connectivity index (χ0) is 18.0. The van der Waals surface area contributed by atoms with E-state index in [1.54, 1.807) is 23.7 Å². The average Bonchev–Trinajstić information content (AvgIpc) is 2.58. The molecule has 1 saturated carbocycles. The fraction of sp³-hybridized carbons (Fsp3) is 0.421. The lowest BCUT2D eigenvalue weighted by atomic mass is 9.86. The molecule has 1 aliphatic rings. The quantitative estimate of drug-likeness (QED) is 0.912. The molecule has 6 heteroatoms. The zero-order valence-electron chi connectivity index (χ0n) is 14.5. The van der Waals surface area contributed by atoms with Gasteiger partial charge < -0.3 is 5.32 Å². The SMILES string of the molecule is Cc1cc(=O)c(C(=O)N[C@@H]2CCCC[C@H]2C)nn1-c1ccccc1Cl. The number of carbonyl (C=O) groups excluding carboxylic acids is 1. The Morgan fingerprint density at radius 3 is 2.72 bits per heavy atom. The number of nitrogens with zero attached hydrogens (tertiary/aromatic N) is 2. The molecule has 2 atom stereocenters. The minimum absolute atomic E-state index is 0.0942. The lowest BCUT2D eigenvalue weighted by Crippen LogP contribution is -2.43. The molecule has 1 N–H and O–H groups in total. The van der Waals surface area contributed by atoms with Gasteiger partial charge in [-0.3, -0.25) is 9.59 Å². The summed E-state index contributed by atoms with van der Waals surface area (Å²) < 4.78 is 1.54. The first-order valence-corrected chi connectivity index (χ1v) is 9.02. The summed E-state index contributed by atoms with van der Waals surface area (Å²) >= 11 is 6.24. The summed E-state index contributed by atoms with van der Waals surface area (Å²) in [6.45, 7) is 3.90. The summed E-state index contributed by atoms with van der Waals surface area (Å²) in [4.78, 5) is 24.9. The fourth-order valence-corrected chi connectivity index (χ4v) is 3.56. The molecule has 3 rings (SSSR count). The number of rotatable bonds is 3. The van der Waals surface area contributed by atoms with Crippen molar-refractivity contribution in [1.82, 2.24) is 15.1 Å². The number of hydrogen-bond acceptors (Lipinski definition) is 3. The number of aryl methyl sites for hydroxylation is 1. The molecule has 1 aliphatic carbocycles. The normalized spacial score (nSPS) is 20.3. The molecule has 132 valence electrons. The molecule has 5 nitrogen and oxygen atoms in total. The molecule has 0 saturated heterocycles. The van der Waals surface area contributed by atoms with Gasteiger partial charge in [-0.05, 0) is 37.8 Å². The Labute approximate surface area is 152 Å².